The summed E-state index contributed by atoms with van der Waals surface area (Å²) in [7, 11) is 0. The van der Waals surface area contributed by atoms with Gasteiger partial charge in [-0.05, 0) is 68.6 Å². The summed E-state index contributed by atoms with van der Waals surface area (Å²) in [5.74, 6) is 0.356. The summed E-state index contributed by atoms with van der Waals surface area (Å²) in [5.41, 5.74) is -0.624. The molecule has 0 heterocycles. The third-order valence-corrected chi connectivity index (χ3v) is 5.98. The summed E-state index contributed by atoms with van der Waals surface area (Å²) in [5, 5.41) is 13.6. The predicted octanol–water partition coefficient (Wildman–Crippen LogP) is 3.75. The Morgan fingerprint density at radius 1 is 1.27 bits per heavy atom. The van der Waals surface area contributed by atoms with E-state index in [-0.39, 0.29) is 10.9 Å². The molecule has 4 aliphatic rings. The van der Waals surface area contributed by atoms with Gasteiger partial charge in [0.15, 0.2) is 0 Å². The lowest BCUT2D eigenvalue weighted by Gasteiger charge is -2.59. The number of amides is 1. The number of aliphatic hydroxyl groups is 1. The van der Waals surface area contributed by atoms with Crippen LogP contribution in [0.1, 0.15) is 38.5 Å². The molecule has 4 aliphatic carbocycles. The highest BCUT2D eigenvalue weighted by Crippen LogP contribution is 2.61. The van der Waals surface area contributed by atoms with E-state index in [2.05, 4.69) is 5.32 Å². The molecule has 1 aromatic carbocycles. The van der Waals surface area contributed by atoms with Crippen LogP contribution in [0, 0.1) is 23.1 Å². The van der Waals surface area contributed by atoms with Crippen LogP contribution in [-0.2, 0) is 4.79 Å². The fraction of sp³-hybridized carbons (Fsp3) is 0.588. The average Bonchev–Trinajstić information content (AvgIpc) is 2.40. The Morgan fingerprint density at radius 2 is 1.95 bits per heavy atom. The van der Waals surface area contributed by atoms with Crippen molar-refractivity contribution >= 4 is 23.2 Å². The molecule has 0 radical (unpaired) electrons. The molecule has 4 saturated carbocycles. The van der Waals surface area contributed by atoms with Crippen LogP contribution in [0.25, 0.3) is 0 Å². The molecule has 4 atom stereocenters. The Bertz CT molecular complexity index is 634. The molecule has 2 N–H and O–H groups in total. The highest BCUT2D eigenvalue weighted by Gasteiger charge is 2.60. The maximum atomic E-state index is 13.2. The molecule has 1 aromatic rings. The third-order valence-electron chi connectivity index (χ3n) is 5.69. The van der Waals surface area contributed by atoms with Crippen molar-refractivity contribution < 1.29 is 14.3 Å². The average molecular weight is 324 g/mol. The summed E-state index contributed by atoms with van der Waals surface area (Å²) in [6.45, 7) is 0. The second kappa shape index (κ2) is 4.68. The highest BCUT2D eigenvalue weighted by molar-refractivity contribution is 6.31. The summed E-state index contributed by atoms with van der Waals surface area (Å²) in [4.78, 5) is 12.8. The first-order valence-corrected chi connectivity index (χ1v) is 8.24. The van der Waals surface area contributed by atoms with Gasteiger partial charge < -0.3 is 10.4 Å². The van der Waals surface area contributed by atoms with Gasteiger partial charge >= 0.3 is 0 Å². The van der Waals surface area contributed by atoms with Crippen LogP contribution in [0.2, 0.25) is 5.02 Å². The summed E-state index contributed by atoms with van der Waals surface area (Å²) < 4.78 is 13.2. The molecular formula is C17H19ClFNO2. The minimum Gasteiger partial charge on any atom is -0.390 e. The van der Waals surface area contributed by atoms with Crippen LogP contribution < -0.4 is 5.32 Å². The van der Waals surface area contributed by atoms with E-state index in [1.807, 2.05) is 0 Å². The van der Waals surface area contributed by atoms with Gasteiger partial charge in [0, 0.05) is 5.69 Å². The van der Waals surface area contributed by atoms with E-state index in [9.17, 15) is 14.3 Å². The Balaban J connectivity index is 1.58. The van der Waals surface area contributed by atoms with Gasteiger partial charge in [0.1, 0.15) is 5.82 Å². The highest BCUT2D eigenvalue weighted by atomic mass is 35.5. The molecule has 0 saturated heterocycles. The van der Waals surface area contributed by atoms with Crippen molar-refractivity contribution in [1.82, 2.24) is 0 Å². The van der Waals surface area contributed by atoms with Crippen molar-refractivity contribution in [1.29, 1.82) is 0 Å². The Hall–Kier alpha value is -1.13. The van der Waals surface area contributed by atoms with Gasteiger partial charge in [0.05, 0.1) is 16.0 Å². The quantitative estimate of drug-likeness (QED) is 0.871. The Morgan fingerprint density at radius 3 is 2.55 bits per heavy atom. The number of rotatable bonds is 2. The monoisotopic (exact) mass is 323 g/mol. The largest absolute Gasteiger partial charge is 0.390 e. The maximum absolute atomic E-state index is 13.2. The van der Waals surface area contributed by atoms with Gasteiger partial charge in [0.25, 0.3) is 0 Å². The van der Waals surface area contributed by atoms with Crippen LogP contribution in [0.4, 0.5) is 10.1 Å². The first kappa shape index (κ1) is 14.5. The molecule has 4 fully saturated rings. The minimum atomic E-state index is -0.665. The van der Waals surface area contributed by atoms with E-state index in [0.717, 1.165) is 32.1 Å². The van der Waals surface area contributed by atoms with Crippen LogP contribution in [-0.4, -0.2) is 16.6 Å². The lowest BCUT2D eigenvalue weighted by Crippen LogP contribution is -2.59. The number of nitrogens with one attached hydrogen (secondary N) is 1. The first-order chi connectivity index (χ1) is 10.4. The van der Waals surface area contributed by atoms with Crippen LogP contribution >= 0.6 is 11.6 Å². The van der Waals surface area contributed by atoms with Crippen molar-refractivity contribution in [2.45, 2.75) is 44.1 Å². The van der Waals surface area contributed by atoms with Crippen molar-refractivity contribution in [3.63, 3.8) is 0 Å². The number of carbonyl (C=O) groups is 1. The van der Waals surface area contributed by atoms with Gasteiger partial charge in [0.2, 0.25) is 5.91 Å². The van der Waals surface area contributed by atoms with Gasteiger partial charge in [-0.3, -0.25) is 4.79 Å². The van der Waals surface area contributed by atoms with E-state index in [1.165, 1.54) is 18.2 Å². The Kier molecular flexibility index (Phi) is 3.08. The number of carbonyl (C=O) groups excluding carboxylic acids is 1. The lowest BCUT2D eigenvalue weighted by atomic mass is 9.47. The molecule has 3 nitrogen and oxygen atoms in total. The molecule has 5 rings (SSSR count). The molecule has 0 aliphatic heterocycles. The molecule has 0 spiro atoms. The lowest BCUT2D eigenvalue weighted by molar-refractivity contribution is -0.174. The van der Waals surface area contributed by atoms with Crippen LogP contribution in [0.5, 0.6) is 0 Å². The van der Waals surface area contributed by atoms with Gasteiger partial charge in [-0.25, -0.2) is 4.39 Å². The fourth-order valence-corrected chi connectivity index (χ4v) is 5.50. The molecule has 118 valence electrons. The van der Waals surface area contributed by atoms with E-state index < -0.39 is 16.8 Å². The molecule has 1 amide bonds. The SMILES string of the molecule is O=C(Nc1ccc(F)c(Cl)c1)C12C[C@@H]3C[C@@H](CC(O)(C3)C1)C2. The van der Waals surface area contributed by atoms with Gasteiger partial charge in [-0.1, -0.05) is 11.6 Å². The van der Waals surface area contributed by atoms with E-state index in [1.54, 1.807) is 0 Å². The van der Waals surface area contributed by atoms with Crippen molar-refractivity contribution in [3.05, 3.63) is 29.0 Å². The van der Waals surface area contributed by atoms with Crippen LogP contribution in [0.15, 0.2) is 18.2 Å². The van der Waals surface area contributed by atoms with E-state index in [0.29, 0.717) is 23.9 Å². The summed E-state index contributed by atoms with van der Waals surface area (Å²) in [6, 6.07) is 4.21. The van der Waals surface area contributed by atoms with Crippen molar-refractivity contribution in [2.24, 2.45) is 17.3 Å². The standard InChI is InChI=1S/C17H19ClFNO2/c18-13-4-12(1-2-14(13)19)20-15(21)16-5-10-3-11(6-16)8-17(22,7-10)9-16/h1-2,4,10-11,22H,3,5-9H2,(H,20,21)/t10-,11+,16?,17?. The summed E-state index contributed by atoms with van der Waals surface area (Å²) >= 11 is 5.77. The normalized spacial score (nSPS) is 39.0. The number of halogens is 2. The number of hydrogen-bond acceptors (Lipinski definition) is 2. The smallest absolute Gasteiger partial charge is 0.230 e. The number of hydrogen-bond donors (Lipinski definition) is 2. The predicted molar refractivity (Wildman–Crippen MR) is 82.1 cm³/mol. The number of benzene rings is 1. The topological polar surface area (TPSA) is 49.3 Å². The van der Waals surface area contributed by atoms with Gasteiger partial charge in [-0.2, -0.15) is 0 Å². The van der Waals surface area contributed by atoms with Gasteiger partial charge in [-0.15, -0.1) is 0 Å². The zero-order chi connectivity index (χ0) is 15.5. The fourth-order valence-electron chi connectivity index (χ4n) is 5.32. The second-order valence-corrected chi connectivity index (χ2v) is 7.96. The van der Waals surface area contributed by atoms with E-state index >= 15 is 0 Å². The second-order valence-electron chi connectivity index (χ2n) is 7.55. The molecule has 5 heteroatoms. The molecule has 22 heavy (non-hydrogen) atoms. The maximum Gasteiger partial charge on any atom is 0.230 e. The van der Waals surface area contributed by atoms with Crippen molar-refractivity contribution in [3.8, 4) is 0 Å². The molecule has 4 bridgehead atoms. The Labute approximate surface area is 133 Å². The van der Waals surface area contributed by atoms with Crippen molar-refractivity contribution in [2.75, 3.05) is 5.32 Å². The molecule has 2 unspecified atom stereocenters. The number of anilines is 1. The third kappa shape index (κ3) is 2.24. The first-order valence-electron chi connectivity index (χ1n) is 7.86. The molecular weight excluding hydrogens is 305 g/mol. The van der Waals surface area contributed by atoms with Crippen LogP contribution in [0.3, 0.4) is 0 Å². The minimum absolute atomic E-state index is 0.00180. The zero-order valence-electron chi connectivity index (χ0n) is 12.2. The molecule has 0 aromatic heterocycles. The van der Waals surface area contributed by atoms with E-state index in [4.69, 9.17) is 11.6 Å². The summed E-state index contributed by atoms with van der Waals surface area (Å²) in [6.07, 6.45) is 5.06. The zero-order valence-corrected chi connectivity index (χ0v) is 13.0.